The van der Waals surface area contributed by atoms with Crippen molar-refractivity contribution in [1.82, 2.24) is 0 Å². The lowest BCUT2D eigenvalue weighted by Gasteiger charge is -2.33. The highest BCUT2D eigenvalue weighted by molar-refractivity contribution is 6.31. The number of nitrogens with zero attached hydrogens (tertiary/aromatic N) is 1. The lowest BCUT2D eigenvalue weighted by Crippen LogP contribution is -2.43. The molecule has 6 heteroatoms. The summed E-state index contributed by atoms with van der Waals surface area (Å²) in [6.07, 6.45) is 1.87. The molecule has 1 amide bonds. The minimum Gasteiger partial charge on any atom is -0.457 e. The summed E-state index contributed by atoms with van der Waals surface area (Å²) >= 11 is 6.07. The Morgan fingerprint density at radius 3 is 2.96 bits per heavy atom. The quantitative estimate of drug-likeness (QED) is 0.853. The second kappa shape index (κ2) is 6.41. The smallest absolute Gasteiger partial charge is 0.338 e. The normalized spacial score (nSPS) is 18.4. The molecule has 2 aromatic carbocycles. The number of carbonyl (C=O) groups is 2. The second-order valence-corrected chi connectivity index (χ2v) is 6.65. The largest absolute Gasteiger partial charge is 0.457 e. The van der Waals surface area contributed by atoms with E-state index >= 15 is 0 Å². The van der Waals surface area contributed by atoms with E-state index in [1.54, 1.807) is 18.2 Å². The monoisotopic (exact) mass is 356 g/mol. The lowest BCUT2D eigenvalue weighted by molar-refractivity contribution is -0.117. The number of benzene rings is 2. The van der Waals surface area contributed by atoms with Crippen molar-refractivity contribution >= 4 is 34.9 Å². The number of halogens is 1. The summed E-state index contributed by atoms with van der Waals surface area (Å²) in [7, 11) is 0. The van der Waals surface area contributed by atoms with Crippen LogP contribution in [0.5, 0.6) is 0 Å². The molecule has 25 heavy (non-hydrogen) atoms. The Balaban J connectivity index is 1.52. The first kappa shape index (κ1) is 16.0. The Kier molecular flexibility index (Phi) is 4.09. The van der Waals surface area contributed by atoms with Crippen LogP contribution in [-0.2, 0) is 16.1 Å². The van der Waals surface area contributed by atoms with Crippen molar-refractivity contribution in [2.75, 3.05) is 16.8 Å². The molecule has 0 saturated carbocycles. The standard InChI is InChI=1S/C19H17ClN2O3/c20-14-5-2-1-4-13(14)11-25-19(24)12-7-8-16-15(10-12)21-18(23)17-6-3-9-22(16)17/h1-2,4-5,7-8,10,17H,3,6,9,11H2,(H,21,23)/t17-/m1/s1. The van der Waals surface area contributed by atoms with E-state index in [1.807, 2.05) is 24.3 Å². The topological polar surface area (TPSA) is 58.6 Å². The number of nitrogens with one attached hydrogen (secondary N) is 1. The number of ether oxygens (including phenoxy) is 1. The highest BCUT2D eigenvalue weighted by Gasteiger charge is 2.36. The molecule has 1 saturated heterocycles. The molecule has 4 rings (SSSR count). The number of hydrogen-bond donors (Lipinski definition) is 1. The van der Waals surface area contributed by atoms with Gasteiger partial charge >= 0.3 is 5.97 Å². The second-order valence-electron chi connectivity index (χ2n) is 6.24. The molecule has 5 nitrogen and oxygen atoms in total. The summed E-state index contributed by atoms with van der Waals surface area (Å²) in [5, 5.41) is 3.46. The van der Waals surface area contributed by atoms with Gasteiger partial charge in [-0.1, -0.05) is 29.8 Å². The molecule has 128 valence electrons. The Labute approximate surface area is 150 Å². The minimum absolute atomic E-state index is 0.00779. The molecule has 0 bridgehead atoms. The summed E-state index contributed by atoms with van der Waals surface area (Å²) in [6, 6.07) is 12.4. The average molecular weight is 357 g/mol. The van der Waals surface area contributed by atoms with E-state index in [9.17, 15) is 9.59 Å². The summed E-state index contributed by atoms with van der Waals surface area (Å²) in [4.78, 5) is 26.6. The Morgan fingerprint density at radius 2 is 2.12 bits per heavy atom. The molecule has 1 atom stereocenters. The van der Waals surface area contributed by atoms with Crippen LogP contribution in [0.1, 0.15) is 28.8 Å². The first-order chi connectivity index (χ1) is 12.1. The van der Waals surface area contributed by atoms with Crippen LogP contribution in [0.4, 0.5) is 11.4 Å². The van der Waals surface area contributed by atoms with Gasteiger partial charge in [-0.15, -0.1) is 0 Å². The molecular weight excluding hydrogens is 340 g/mol. The van der Waals surface area contributed by atoms with Crippen molar-refractivity contribution in [2.45, 2.75) is 25.5 Å². The Morgan fingerprint density at radius 1 is 1.28 bits per heavy atom. The number of anilines is 2. The van der Waals surface area contributed by atoms with Crippen LogP contribution in [0.15, 0.2) is 42.5 Å². The van der Waals surface area contributed by atoms with E-state index in [1.165, 1.54) is 0 Å². The number of fused-ring (bicyclic) bond motifs is 3. The van der Waals surface area contributed by atoms with E-state index in [-0.39, 0.29) is 18.6 Å². The van der Waals surface area contributed by atoms with Gasteiger partial charge < -0.3 is 15.0 Å². The summed E-state index contributed by atoms with van der Waals surface area (Å²) in [6.45, 7) is 0.970. The van der Waals surface area contributed by atoms with Crippen molar-refractivity contribution in [1.29, 1.82) is 0 Å². The molecule has 2 heterocycles. The summed E-state index contributed by atoms with van der Waals surface area (Å²) in [5.74, 6) is -0.452. The van der Waals surface area contributed by atoms with Gasteiger partial charge in [-0.05, 0) is 37.1 Å². The fourth-order valence-corrected chi connectivity index (χ4v) is 3.59. The SMILES string of the molecule is O=C(OCc1ccccc1Cl)c1ccc2c(c1)NC(=O)[C@H]1CCCN21. The van der Waals surface area contributed by atoms with Gasteiger partial charge in [0.05, 0.1) is 16.9 Å². The molecule has 0 radical (unpaired) electrons. The average Bonchev–Trinajstić information content (AvgIpc) is 3.11. The van der Waals surface area contributed by atoms with E-state index in [0.29, 0.717) is 16.3 Å². The van der Waals surface area contributed by atoms with Crippen LogP contribution in [-0.4, -0.2) is 24.5 Å². The summed E-state index contributed by atoms with van der Waals surface area (Å²) in [5.41, 5.74) is 2.78. The number of hydrogen-bond acceptors (Lipinski definition) is 4. The number of carbonyl (C=O) groups excluding carboxylic acids is 2. The van der Waals surface area contributed by atoms with Crippen molar-refractivity contribution in [3.63, 3.8) is 0 Å². The van der Waals surface area contributed by atoms with Gasteiger partial charge in [-0.2, -0.15) is 0 Å². The highest BCUT2D eigenvalue weighted by Crippen LogP contribution is 2.37. The molecule has 2 aromatic rings. The van der Waals surface area contributed by atoms with Gasteiger partial charge in [0.2, 0.25) is 5.91 Å². The molecule has 0 unspecified atom stereocenters. The zero-order valence-electron chi connectivity index (χ0n) is 13.5. The van der Waals surface area contributed by atoms with E-state index in [2.05, 4.69) is 10.2 Å². The van der Waals surface area contributed by atoms with Crippen LogP contribution >= 0.6 is 11.6 Å². The number of esters is 1. The van der Waals surface area contributed by atoms with Gasteiger partial charge in [-0.3, -0.25) is 4.79 Å². The van der Waals surface area contributed by atoms with Crippen LogP contribution in [0.2, 0.25) is 5.02 Å². The third-order valence-corrected chi connectivity index (χ3v) is 5.04. The number of amides is 1. The highest BCUT2D eigenvalue weighted by atomic mass is 35.5. The van der Waals surface area contributed by atoms with Crippen LogP contribution in [0.25, 0.3) is 0 Å². The van der Waals surface area contributed by atoms with Crippen LogP contribution < -0.4 is 10.2 Å². The molecule has 1 N–H and O–H groups in total. The Bertz CT molecular complexity index is 852. The molecule has 2 aliphatic heterocycles. The molecular formula is C19H17ClN2O3. The van der Waals surface area contributed by atoms with Gasteiger partial charge in [-0.25, -0.2) is 4.79 Å². The third-order valence-electron chi connectivity index (χ3n) is 4.67. The summed E-state index contributed by atoms with van der Waals surface area (Å²) < 4.78 is 5.35. The minimum atomic E-state index is -0.444. The van der Waals surface area contributed by atoms with E-state index in [4.69, 9.17) is 16.3 Å². The molecule has 0 aromatic heterocycles. The van der Waals surface area contributed by atoms with Crippen molar-refractivity contribution in [2.24, 2.45) is 0 Å². The first-order valence-electron chi connectivity index (χ1n) is 8.25. The van der Waals surface area contributed by atoms with Gasteiger partial charge in [0.1, 0.15) is 12.6 Å². The van der Waals surface area contributed by atoms with Crippen LogP contribution in [0.3, 0.4) is 0 Å². The molecule has 0 aliphatic carbocycles. The third kappa shape index (κ3) is 2.96. The molecule has 0 spiro atoms. The van der Waals surface area contributed by atoms with Gasteiger partial charge in [0, 0.05) is 17.1 Å². The molecule has 2 aliphatic rings. The van der Waals surface area contributed by atoms with E-state index in [0.717, 1.165) is 30.6 Å². The number of rotatable bonds is 3. The predicted molar refractivity (Wildman–Crippen MR) is 96.0 cm³/mol. The fourth-order valence-electron chi connectivity index (χ4n) is 3.40. The lowest BCUT2D eigenvalue weighted by atomic mass is 10.1. The van der Waals surface area contributed by atoms with Gasteiger partial charge in [0.15, 0.2) is 0 Å². The van der Waals surface area contributed by atoms with Crippen molar-refractivity contribution in [3.8, 4) is 0 Å². The fraction of sp³-hybridized carbons (Fsp3) is 0.263. The maximum absolute atomic E-state index is 12.3. The van der Waals surface area contributed by atoms with Crippen molar-refractivity contribution < 1.29 is 14.3 Å². The molecule has 1 fully saturated rings. The Hall–Kier alpha value is -2.53. The maximum Gasteiger partial charge on any atom is 0.338 e. The van der Waals surface area contributed by atoms with Crippen molar-refractivity contribution in [3.05, 3.63) is 58.6 Å². The zero-order valence-corrected chi connectivity index (χ0v) is 14.3. The zero-order chi connectivity index (χ0) is 17.4. The first-order valence-corrected chi connectivity index (χ1v) is 8.63. The van der Waals surface area contributed by atoms with E-state index < -0.39 is 5.97 Å². The predicted octanol–water partition coefficient (Wildman–Crippen LogP) is 3.62. The van der Waals surface area contributed by atoms with Gasteiger partial charge in [0.25, 0.3) is 0 Å². The van der Waals surface area contributed by atoms with Crippen LogP contribution in [0, 0.1) is 0 Å². The maximum atomic E-state index is 12.3.